The zero-order valence-corrected chi connectivity index (χ0v) is 12.2. The molecule has 2 aromatic rings. The molecule has 0 radical (unpaired) electrons. The maximum atomic E-state index is 5.72. The first-order valence-electron chi connectivity index (χ1n) is 4.55. The van der Waals surface area contributed by atoms with Crippen LogP contribution in [0.4, 0.5) is 5.69 Å². The fraction of sp³-hybridized carbons (Fsp3) is 0.0909. The van der Waals surface area contributed by atoms with E-state index in [0.717, 1.165) is 14.7 Å². The monoisotopic (exact) mass is 361 g/mol. The molecule has 0 unspecified atom stereocenters. The van der Waals surface area contributed by atoms with Crippen LogP contribution in [-0.4, -0.2) is 0 Å². The molecule has 84 valence electrons. The maximum absolute atomic E-state index is 5.72. The molecular formula is C11H9Br2NOS. The average molecular weight is 363 g/mol. The smallest absolute Gasteiger partial charge is 0.123 e. The van der Waals surface area contributed by atoms with Crippen molar-refractivity contribution in [1.82, 2.24) is 0 Å². The van der Waals surface area contributed by atoms with Gasteiger partial charge in [-0.2, -0.15) is 0 Å². The highest BCUT2D eigenvalue weighted by Crippen LogP contribution is 2.25. The summed E-state index contributed by atoms with van der Waals surface area (Å²) in [5.74, 6) is 0.774. The third-order valence-corrected chi connectivity index (χ3v) is 4.03. The first-order chi connectivity index (χ1) is 7.63. The van der Waals surface area contributed by atoms with Crippen molar-refractivity contribution >= 4 is 48.9 Å². The van der Waals surface area contributed by atoms with Gasteiger partial charge in [0, 0.05) is 31.0 Å². The van der Waals surface area contributed by atoms with Crippen molar-refractivity contribution in [2.75, 3.05) is 5.73 Å². The molecule has 0 aliphatic carbocycles. The van der Waals surface area contributed by atoms with Gasteiger partial charge in [-0.25, -0.2) is 0 Å². The molecule has 0 atom stereocenters. The van der Waals surface area contributed by atoms with Crippen molar-refractivity contribution in [2.45, 2.75) is 6.61 Å². The van der Waals surface area contributed by atoms with Crippen LogP contribution in [0.15, 0.2) is 38.6 Å². The van der Waals surface area contributed by atoms with Crippen molar-refractivity contribution in [3.05, 3.63) is 43.5 Å². The summed E-state index contributed by atoms with van der Waals surface area (Å²) in [5.41, 5.74) is 6.41. The lowest BCUT2D eigenvalue weighted by Crippen LogP contribution is -1.94. The third kappa shape index (κ3) is 3.23. The summed E-state index contributed by atoms with van der Waals surface area (Å²) < 4.78 is 7.66. The van der Waals surface area contributed by atoms with Crippen LogP contribution in [0.1, 0.15) is 4.88 Å². The lowest BCUT2D eigenvalue weighted by molar-refractivity contribution is 0.310. The van der Waals surface area contributed by atoms with E-state index in [4.69, 9.17) is 10.5 Å². The summed E-state index contributed by atoms with van der Waals surface area (Å²) in [5, 5.41) is 2.04. The van der Waals surface area contributed by atoms with Gasteiger partial charge in [0.1, 0.15) is 12.4 Å². The van der Waals surface area contributed by atoms with E-state index in [1.165, 1.54) is 4.88 Å². The quantitative estimate of drug-likeness (QED) is 0.819. The first-order valence-corrected chi connectivity index (χ1v) is 7.02. The normalized spacial score (nSPS) is 10.4. The van der Waals surface area contributed by atoms with Gasteiger partial charge in [0.15, 0.2) is 0 Å². The Balaban J connectivity index is 2.04. The molecule has 0 aliphatic rings. The molecular weight excluding hydrogens is 354 g/mol. The Bertz CT molecular complexity index is 478. The van der Waals surface area contributed by atoms with E-state index in [1.807, 2.05) is 29.6 Å². The van der Waals surface area contributed by atoms with Crippen LogP contribution in [0.25, 0.3) is 0 Å². The van der Waals surface area contributed by atoms with E-state index >= 15 is 0 Å². The van der Waals surface area contributed by atoms with E-state index in [1.54, 1.807) is 11.3 Å². The van der Waals surface area contributed by atoms with Crippen LogP contribution in [0.2, 0.25) is 0 Å². The molecule has 2 rings (SSSR count). The number of rotatable bonds is 3. The number of nitrogen functional groups attached to an aromatic ring is 1. The molecule has 0 amide bonds. The highest BCUT2D eigenvalue weighted by atomic mass is 79.9. The molecule has 0 saturated heterocycles. The predicted molar refractivity (Wildman–Crippen MR) is 74.9 cm³/mol. The molecule has 1 heterocycles. The zero-order valence-electron chi connectivity index (χ0n) is 8.24. The molecule has 1 aromatic carbocycles. The number of thiophene rings is 1. The van der Waals surface area contributed by atoms with Crippen LogP contribution in [0.3, 0.4) is 0 Å². The van der Waals surface area contributed by atoms with Crippen LogP contribution in [0, 0.1) is 0 Å². The summed E-state index contributed by atoms with van der Waals surface area (Å²) in [4.78, 5) is 1.17. The molecule has 0 bridgehead atoms. The van der Waals surface area contributed by atoms with Crippen LogP contribution >= 0.6 is 43.2 Å². The summed E-state index contributed by atoms with van der Waals surface area (Å²) in [6.45, 7) is 0.562. The Morgan fingerprint density at radius 3 is 2.56 bits per heavy atom. The highest BCUT2D eigenvalue weighted by Gasteiger charge is 2.01. The maximum Gasteiger partial charge on any atom is 0.123 e. The van der Waals surface area contributed by atoms with Gasteiger partial charge < -0.3 is 10.5 Å². The minimum Gasteiger partial charge on any atom is -0.488 e. The second kappa shape index (κ2) is 5.21. The second-order valence-corrected chi connectivity index (χ2v) is 6.07. The SMILES string of the molecule is Nc1cc(Br)cc(OCc2cc(Br)cs2)c1. The standard InChI is InChI=1S/C11H9Br2NOS/c12-7-1-9(14)4-10(2-7)15-5-11-3-8(13)6-16-11/h1-4,6H,5,14H2. The minimum atomic E-state index is 0.562. The molecule has 16 heavy (non-hydrogen) atoms. The topological polar surface area (TPSA) is 35.2 Å². The van der Waals surface area contributed by atoms with E-state index in [0.29, 0.717) is 12.3 Å². The molecule has 0 fully saturated rings. The molecule has 0 aliphatic heterocycles. The largest absolute Gasteiger partial charge is 0.488 e. The lowest BCUT2D eigenvalue weighted by atomic mass is 10.3. The zero-order chi connectivity index (χ0) is 11.5. The number of nitrogens with two attached hydrogens (primary N) is 1. The number of benzene rings is 1. The average Bonchev–Trinajstić information content (AvgIpc) is 2.60. The van der Waals surface area contributed by atoms with Gasteiger partial charge >= 0.3 is 0 Å². The van der Waals surface area contributed by atoms with E-state index in [-0.39, 0.29) is 0 Å². The van der Waals surface area contributed by atoms with Crippen molar-refractivity contribution in [2.24, 2.45) is 0 Å². The Kier molecular flexibility index (Phi) is 3.89. The van der Waals surface area contributed by atoms with Crippen LogP contribution < -0.4 is 10.5 Å². The van der Waals surface area contributed by atoms with E-state index < -0.39 is 0 Å². The van der Waals surface area contributed by atoms with Crippen molar-refractivity contribution in [3.8, 4) is 5.75 Å². The Morgan fingerprint density at radius 1 is 1.12 bits per heavy atom. The predicted octanol–water partition coefficient (Wildman–Crippen LogP) is 4.43. The minimum absolute atomic E-state index is 0.562. The highest BCUT2D eigenvalue weighted by molar-refractivity contribution is 9.10. The van der Waals surface area contributed by atoms with Crippen LogP contribution in [-0.2, 0) is 6.61 Å². The molecule has 1 aromatic heterocycles. The number of halogens is 2. The van der Waals surface area contributed by atoms with Gasteiger partial charge in [0.05, 0.1) is 0 Å². The summed E-state index contributed by atoms with van der Waals surface area (Å²) in [6, 6.07) is 7.60. The Morgan fingerprint density at radius 2 is 1.94 bits per heavy atom. The van der Waals surface area contributed by atoms with Gasteiger partial charge in [-0.3, -0.25) is 0 Å². The van der Waals surface area contributed by atoms with Gasteiger partial charge in [-0.05, 0) is 34.1 Å². The third-order valence-electron chi connectivity index (χ3n) is 1.90. The van der Waals surface area contributed by atoms with E-state index in [2.05, 4.69) is 31.9 Å². The number of hydrogen-bond donors (Lipinski definition) is 1. The molecule has 2 nitrogen and oxygen atoms in total. The number of hydrogen-bond acceptors (Lipinski definition) is 3. The van der Waals surface area contributed by atoms with Crippen LogP contribution in [0.5, 0.6) is 5.75 Å². The van der Waals surface area contributed by atoms with Crippen molar-refractivity contribution < 1.29 is 4.74 Å². The Hall–Kier alpha value is -0.520. The molecule has 5 heteroatoms. The number of ether oxygens (including phenoxy) is 1. The first kappa shape index (κ1) is 12.0. The summed E-state index contributed by atoms with van der Waals surface area (Å²) >= 11 is 8.45. The lowest BCUT2D eigenvalue weighted by Gasteiger charge is -2.06. The van der Waals surface area contributed by atoms with Crippen molar-refractivity contribution in [1.29, 1.82) is 0 Å². The fourth-order valence-electron chi connectivity index (χ4n) is 1.25. The fourth-order valence-corrected chi connectivity index (χ4v) is 3.10. The number of anilines is 1. The Labute approximate surface area is 115 Å². The van der Waals surface area contributed by atoms with Gasteiger partial charge in [0.2, 0.25) is 0 Å². The second-order valence-electron chi connectivity index (χ2n) is 3.24. The molecule has 0 spiro atoms. The molecule has 2 N–H and O–H groups in total. The molecule has 0 saturated carbocycles. The van der Waals surface area contributed by atoms with Gasteiger partial charge in [-0.15, -0.1) is 11.3 Å². The summed E-state index contributed by atoms with van der Waals surface area (Å²) in [6.07, 6.45) is 0. The van der Waals surface area contributed by atoms with E-state index in [9.17, 15) is 0 Å². The summed E-state index contributed by atoms with van der Waals surface area (Å²) in [7, 11) is 0. The van der Waals surface area contributed by atoms with Crippen molar-refractivity contribution in [3.63, 3.8) is 0 Å². The van der Waals surface area contributed by atoms with Gasteiger partial charge in [0.25, 0.3) is 0 Å². The van der Waals surface area contributed by atoms with Gasteiger partial charge in [-0.1, -0.05) is 15.9 Å².